The largest absolute Gasteiger partial charge is 0.469 e. The smallest absolute Gasteiger partial charge is 0.309 e. The van der Waals surface area contributed by atoms with E-state index >= 15 is 0 Å². The van der Waals surface area contributed by atoms with E-state index in [2.05, 4.69) is 15.0 Å². The molecule has 4 rings (SSSR count). The summed E-state index contributed by atoms with van der Waals surface area (Å²) in [6.45, 7) is 0.575. The van der Waals surface area contributed by atoms with Crippen molar-refractivity contribution in [1.82, 2.24) is 15.0 Å². The molecule has 9 heteroatoms. The molecule has 0 fully saturated rings. The van der Waals surface area contributed by atoms with Gasteiger partial charge in [-0.2, -0.15) is 0 Å². The van der Waals surface area contributed by atoms with E-state index in [1.54, 1.807) is 49.1 Å². The van der Waals surface area contributed by atoms with Crippen LogP contribution in [0.2, 0.25) is 10.0 Å². The van der Waals surface area contributed by atoms with Crippen LogP contribution in [-0.2, 0) is 16.1 Å². The maximum Gasteiger partial charge on any atom is 0.309 e. The second kappa shape index (κ2) is 13.6. The van der Waals surface area contributed by atoms with Crippen LogP contribution in [0, 0.1) is 5.92 Å². The fourth-order valence-corrected chi connectivity index (χ4v) is 4.64. The number of Topliss-reactive ketones (excluding diaryl/α,β-unsaturated/α-hetero) is 1. The van der Waals surface area contributed by atoms with Gasteiger partial charge in [0, 0.05) is 36.9 Å². The number of carbonyl (C=O) groups is 2. The second-order valence-electron chi connectivity index (χ2n) is 8.66. The highest BCUT2D eigenvalue weighted by molar-refractivity contribution is 6.39. The highest BCUT2D eigenvalue weighted by Crippen LogP contribution is 2.28. The van der Waals surface area contributed by atoms with Crippen LogP contribution >= 0.6 is 23.2 Å². The van der Waals surface area contributed by atoms with Crippen LogP contribution in [0.25, 0.3) is 6.08 Å². The molecule has 2 aromatic heterocycles. The summed E-state index contributed by atoms with van der Waals surface area (Å²) in [7, 11) is 1.30. The van der Waals surface area contributed by atoms with Gasteiger partial charge in [-0.15, -0.1) is 0 Å². The molecule has 198 valence electrons. The Bertz CT molecular complexity index is 1410. The molecule has 0 aliphatic rings. The van der Waals surface area contributed by atoms with Crippen molar-refractivity contribution in [3.05, 3.63) is 118 Å². The van der Waals surface area contributed by atoms with Gasteiger partial charge in [-0.25, -0.2) is 9.97 Å². The number of ether oxygens (including phenoxy) is 1. The molecule has 0 spiro atoms. The maximum absolute atomic E-state index is 12.9. The van der Waals surface area contributed by atoms with Crippen molar-refractivity contribution in [2.75, 3.05) is 12.0 Å². The molecule has 0 aliphatic heterocycles. The topological polar surface area (TPSA) is 85.3 Å². The summed E-state index contributed by atoms with van der Waals surface area (Å²) < 4.78 is 4.93. The van der Waals surface area contributed by atoms with Crippen LogP contribution in [-0.4, -0.2) is 33.8 Å². The standard InChI is InChI=1S/C30H26Cl2N4O3/c1-39-29(38)23(19-27(37)28-25(31)7-3-8-26(28)32)6-2-5-21-9-11-24(12-10-21)36(30-34-15-4-16-35-30)20-22-13-17-33-18-14-22/h2-5,7-18,23H,6,19-20H2,1H3/b5-2+. The molecule has 2 aromatic carbocycles. The molecule has 2 heterocycles. The Hall–Kier alpha value is -4.07. The van der Waals surface area contributed by atoms with Gasteiger partial charge in [0.05, 0.1) is 35.2 Å². The number of anilines is 2. The summed E-state index contributed by atoms with van der Waals surface area (Å²) in [6.07, 6.45) is 10.9. The van der Waals surface area contributed by atoms with Crippen LogP contribution in [0.1, 0.15) is 34.3 Å². The zero-order chi connectivity index (χ0) is 27.6. The fourth-order valence-electron chi connectivity index (χ4n) is 4.03. The normalized spacial score (nSPS) is 11.8. The van der Waals surface area contributed by atoms with Gasteiger partial charge in [-0.3, -0.25) is 14.6 Å². The molecule has 0 aliphatic carbocycles. The van der Waals surface area contributed by atoms with E-state index in [9.17, 15) is 9.59 Å². The van der Waals surface area contributed by atoms with Gasteiger partial charge in [0.1, 0.15) is 0 Å². The van der Waals surface area contributed by atoms with Crippen molar-refractivity contribution in [1.29, 1.82) is 0 Å². The number of carbonyl (C=O) groups excluding carboxylic acids is 2. The number of hydrogen-bond acceptors (Lipinski definition) is 7. The number of nitrogens with zero attached hydrogens (tertiary/aromatic N) is 4. The Morgan fingerprint density at radius 2 is 1.59 bits per heavy atom. The molecule has 0 saturated carbocycles. The van der Waals surface area contributed by atoms with E-state index < -0.39 is 11.9 Å². The lowest BCUT2D eigenvalue weighted by Gasteiger charge is -2.22. The van der Waals surface area contributed by atoms with E-state index in [1.807, 2.05) is 53.5 Å². The molecule has 0 bridgehead atoms. The van der Waals surface area contributed by atoms with Gasteiger partial charge >= 0.3 is 5.97 Å². The van der Waals surface area contributed by atoms with Crippen molar-refractivity contribution in [2.24, 2.45) is 5.92 Å². The maximum atomic E-state index is 12.9. The Morgan fingerprint density at radius 3 is 2.23 bits per heavy atom. The number of benzene rings is 2. The average molecular weight is 561 g/mol. The van der Waals surface area contributed by atoms with Gasteiger partial charge in [0.15, 0.2) is 5.78 Å². The summed E-state index contributed by atoms with van der Waals surface area (Å²) >= 11 is 12.4. The van der Waals surface area contributed by atoms with Gasteiger partial charge in [-0.05, 0) is 60.0 Å². The number of esters is 1. The second-order valence-corrected chi connectivity index (χ2v) is 9.48. The monoisotopic (exact) mass is 560 g/mol. The van der Waals surface area contributed by atoms with Crippen molar-refractivity contribution in [3.63, 3.8) is 0 Å². The molecule has 1 atom stereocenters. The Labute approximate surface area is 237 Å². The highest BCUT2D eigenvalue weighted by atomic mass is 35.5. The number of aromatic nitrogens is 3. The molecule has 7 nitrogen and oxygen atoms in total. The van der Waals surface area contributed by atoms with E-state index in [0.717, 1.165) is 16.8 Å². The molecular weight excluding hydrogens is 535 g/mol. The third kappa shape index (κ3) is 7.50. The Kier molecular flexibility index (Phi) is 9.78. The number of rotatable bonds is 11. The van der Waals surface area contributed by atoms with Crippen molar-refractivity contribution >= 4 is 52.7 Å². The van der Waals surface area contributed by atoms with Gasteiger partial charge in [0.25, 0.3) is 0 Å². The average Bonchev–Trinajstić information content (AvgIpc) is 2.96. The SMILES string of the molecule is COC(=O)C(C/C=C/c1ccc(N(Cc2ccncc2)c2ncccn2)cc1)CC(=O)c1c(Cl)cccc1Cl. The van der Waals surface area contributed by atoms with Crippen LogP contribution < -0.4 is 4.90 Å². The predicted molar refractivity (Wildman–Crippen MR) is 153 cm³/mol. The summed E-state index contributed by atoms with van der Waals surface area (Å²) in [5.41, 5.74) is 3.14. The first-order valence-electron chi connectivity index (χ1n) is 12.2. The molecule has 39 heavy (non-hydrogen) atoms. The number of hydrogen-bond donors (Lipinski definition) is 0. The molecule has 0 radical (unpaired) electrons. The van der Waals surface area contributed by atoms with E-state index in [4.69, 9.17) is 27.9 Å². The zero-order valence-corrected chi connectivity index (χ0v) is 22.7. The van der Waals surface area contributed by atoms with Crippen molar-refractivity contribution in [3.8, 4) is 0 Å². The van der Waals surface area contributed by atoms with Crippen LogP contribution in [0.4, 0.5) is 11.6 Å². The fraction of sp³-hybridized carbons (Fsp3) is 0.167. The number of ketones is 1. The summed E-state index contributed by atoms with van der Waals surface area (Å²) in [5.74, 6) is -0.865. The first-order valence-corrected chi connectivity index (χ1v) is 13.0. The van der Waals surface area contributed by atoms with Crippen LogP contribution in [0.15, 0.2) is 91.5 Å². The van der Waals surface area contributed by atoms with E-state index in [1.165, 1.54) is 7.11 Å². The third-order valence-corrected chi connectivity index (χ3v) is 6.66. The summed E-state index contributed by atoms with van der Waals surface area (Å²) in [6, 6.07) is 18.4. The minimum Gasteiger partial charge on any atom is -0.469 e. The Balaban J connectivity index is 1.47. The van der Waals surface area contributed by atoms with E-state index in [-0.39, 0.29) is 27.8 Å². The molecule has 1 unspecified atom stereocenters. The molecular formula is C30H26Cl2N4O3. The van der Waals surface area contributed by atoms with Crippen LogP contribution in [0.3, 0.4) is 0 Å². The number of allylic oxidation sites excluding steroid dienone is 1. The zero-order valence-electron chi connectivity index (χ0n) is 21.2. The number of methoxy groups -OCH3 is 1. The highest BCUT2D eigenvalue weighted by Gasteiger charge is 2.24. The van der Waals surface area contributed by atoms with Gasteiger partial charge < -0.3 is 9.64 Å². The number of pyridine rings is 1. The summed E-state index contributed by atoms with van der Waals surface area (Å²) in [5, 5.41) is 0.510. The van der Waals surface area contributed by atoms with E-state index in [0.29, 0.717) is 18.9 Å². The number of halogens is 2. The lowest BCUT2D eigenvalue weighted by molar-refractivity contribution is -0.145. The van der Waals surface area contributed by atoms with Gasteiger partial charge in [-0.1, -0.05) is 53.6 Å². The van der Waals surface area contributed by atoms with Crippen LogP contribution in [0.5, 0.6) is 0 Å². The first-order chi connectivity index (χ1) is 19.0. The van der Waals surface area contributed by atoms with Gasteiger partial charge in [0.2, 0.25) is 5.95 Å². The minimum atomic E-state index is -0.670. The minimum absolute atomic E-state index is 0.0690. The lowest BCUT2D eigenvalue weighted by atomic mass is 9.95. The third-order valence-electron chi connectivity index (χ3n) is 6.03. The molecule has 0 N–H and O–H groups in total. The molecule has 0 saturated heterocycles. The molecule has 0 amide bonds. The predicted octanol–water partition coefficient (Wildman–Crippen LogP) is 6.98. The quantitative estimate of drug-likeness (QED) is 0.144. The Morgan fingerprint density at radius 1 is 0.923 bits per heavy atom. The van der Waals surface area contributed by atoms with Crippen molar-refractivity contribution < 1.29 is 14.3 Å². The first kappa shape index (κ1) is 28.0. The summed E-state index contributed by atoms with van der Waals surface area (Å²) in [4.78, 5) is 40.2. The lowest BCUT2D eigenvalue weighted by Crippen LogP contribution is -2.20. The molecule has 4 aromatic rings. The van der Waals surface area contributed by atoms with Crippen molar-refractivity contribution in [2.45, 2.75) is 19.4 Å².